The van der Waals surface area contributed by atoms with Crippen molar-refractivity contribution < 1.29 is 14.3 Å². The molecular formula is C13H17FN2O2. The Hall–Kier alpha value is -1.62. The number of halogens is 1. The van der Waals surface area contributed by atoms with Gasteiger partial charge in [0.15, 0.2) is 0 Å². The van der Waals surface area contributed by atoms with E-state index in [1.165, 1.54) is 18.2 Å². The van der Waals surface area contributed by atoms with Crippen molar-refractivity contribution in [3.05, 3.63) is 29.6 Å². The Balaban J connectivity index is 1.93. The second kappa shape index (κ2) is 4.94. The summed E-state index contributed by atoms with van der Waals surface area (Å²) in [6, 6.07) is 3.92. The molecule has 1 fully saturated rings. The SMILES string of the molecule is Nc1cc(C(=O)NCC2(CCO)CC2)ccc1F. The summed E-state index contributed by atoms with van der Waals surface area (Å²) in [6.07, 6.45) is 2.76. The van der Waals surface area contributed by atoms with Gasteiger partial charge in [0, 0.05) is 18.7 Å². The van der Waals surface area contributed by atoms with Gasteiger partial charge in [-0.15, -0.1) is 0 Å². The number of anilines is 1. The number of aliphatic hydroxyl groups excluding tert-OH is 1. The van der Waals surface area contributed by atoms with Crippen LogP contribution in [0.3, 0.4) is 0 Å². The molecule has 0 unspecified atom stereocenters. The second-order valence-corrected chi connectivity index (χ2v) is 4.89. The van der Waals surface area contributed by atoms with Gasteiger partial charge in [-0.3, -0.25) is 4.79 Å². The third-order valence-electron chi connectivity index (χ3n) is 3.48. The molecule has 0 heterocycles. The summed E-state index contributed by atoms with van der Waals surface area (Å²) in [4.78, 5) is 11.8. The largest absolute Gasteiger partial charge is 0.396 e. The number of nitrogens with one attached hydrogen (secondary N) is 1. The van der Waals surface area contributed by atoms with Crippen molar-refractivity contribution in [2.75, 3.05) is 18.9 Å². The maximum Gasteiger partial charge on any atom is 0.251 e. The van der Waals surface area contributed by atoms with Gasteiger partial charge in [-0.1, -0.05) is 0 Å². The van der Waals surface area contributed by atoms with E-state index in [1.807, 2.05) is 0 Å². The van der Waals surface area contributed by atoms with Crippen LogP contribution in [0.2, 0.25) is 0 Å². The molecule has 1 aromatic rings. The molecule has 1 aliphatic rings. The van der Waals surface area contributed by atoms with Gasteiger partial charge in [-0.05, 0) is 42.9 Å². The summed E-state index contributed by atoms with van der Waals surface area (Å²) in [5.41, 5.74) is 5.80. The molecule has 0 aliphatic heterocycles. The quantitative estimate of drug-likeness (QED) is 0.691. The highest BCUT2D eigenvalue weighted by molar-refractivity contribution is 5.95. The molecule has 0 aromatic heterocycles. The molecule has 1 saturated carbocycles. The zero-order valence-electron chi connectivity index (χ0n) is 10.1. The molecule has 2 rings (SSSR count). The number of hydrogen-bond acceptors (Lipinski definition) is 3. The van der Waals surface area contributed by atoms with Crippen molar-refractivity contribution in [1.82, 2.24) is 5.32 Å². The first kappa shape index (κ1) is 12.8. The van der Waals surface area contributed by atoms with E-state index in [2.05, 4.69) is 5.32 Å². The Morgan fingerprint density at radius 3 is 2.78 bits per heavy atom. The van der Waals surface area contributed by atoms with Gasteiger partial charge in [0.25, 0.3) is 5.91 Å². The fraction of sp³-hybridized carbons (Fsp3) is 0.462. The molecule has 0 atom stereocenters. The maximum atomic E-state index is 13.0. The topological polar surface area (TPSA) is 75.4 Å². The van der Waals surface area contributed by atoms with Gasteiger partial charge in [0.05, 0.1) is 5.69 Å². The van der Waals surface area contributed by atoms with Crippen LogP contribution in [0.15, 0.2) is 18.2 Å². The Bertz CT molecular complexity index is 458. The van der Waals surface area contributed by atoms with E-state index in [0.29, 0.717) is 18.5 Å². The van der Waals surface area contributed by atoms with E-state index < -0.39 is 5.82 Å². The highest BCUT2D eigenvalue weighted by Gasteiger charge is 2.41. The first-order valence-electron chi connectivity index (χ1n) is 6.00. The molecule has 0 radical (unpaired) electrons. The van der Waals surface area contributed by atoms with Crippen LogP contribution < -0.4 is 11.1 Å². The van der Waals surface area contributed by atoms with E-state index in [1.54, 1.807) is 0 Å². The molecule has 98 valence electrons. The number of benzene rings is 1. The lowest BCUT2D eigenvalue weighted by atomic mass is 10.0. The lowest BCUT2D eigenvalue weighted by molar-refractivity contribution is 0.0941. The first-order chi connectivity index (χ1) is 8.56. The van der Waals surface area contributed by atoms with E-state index in [9.17, 15) is 9.18 Å². The summed E-state index contributed by atoms with van der Waals surface area (Å²) in [7, 11) is 0. The molecule has 1 aliphatic carbocycles. The average molecular weight is 252 g/mol. The van der Waals surface area contributed by atoms with Gasteiger partial charge in [0.2, 0.25) is 0 Å². The molecule has 4 N–H and O–H groups in total. The van der Waals surface area contributed by atoms with Gasteiger partial charge in [-0.2, -0.15) is 0 Å². The predicted molar refractivity (Wildman–Crippen MR) is 66.5 cm³/mol. The van der Waals surface area contributed by atoms with Crippen molar-refractivity contribution in [2.45, 2.75) is 19.3 Å². The van der Waals surface area contributed by atoms with Gasteiger partial charge >= 0.3 is 0 Å². The van der Waals surface area contributed by atoms with Crippen molar-refractivity contribution in [3.8, 4) is 0 Å². The molecule has 5 heteroatoms. The van der Waals surface area contributed by atoms with Crippen LogP contribution >= 0.6 is 0 Å². The predicted octanol–water partition coefficient (Wildman–Crippen LogP) is 1.30. The van der Waals surface area contributed by atoms with Gasteiger partial charge < -0.3 is 16.2 Å². The number of amides is 1. The summed E-state index contributed by atoms with van der Waals surface area (Å²) < 4.78 is 13.0. The van der Waals surface area contributed by atoms with Crippen LogP contribution in [-0.4, -0.2) is 24.2 Å². The average Bonchev–Trinajstić information content (AvgIpc) is 3.11. The number of rotatable bonds is 5. The highest BCUT2D eigenvalue weighted by Crippen LogP contribution is 2.47. The first-order valence-corrected chi connectivity index (χ1v) is 6.00. The van der Waals surface area contributed by atoms with Crippen LogP contribution in [0.4, 0.5) is 10.1 Å². The second-order valence-electron chi connectivity index (χ2n) is 4.89. The molecule has 4 nitrogen and oxygen atoms in total. The van der Waals surface area contributed by atoms with Crippen LogP contribution in [0, 0.1) is 11.2 Å². The van der Waals surface area contributed by atoms with E-state index in [4.69, 9.17) is 10.8 Å². The van der Waals surface area contributed by atoms with E-state index in [-0.39, 0.29) is 23.6 Å². The fourth-order valence-corrected chi connectivity index (χ4v) is 1.98. The third kappa shape index (κ3) is 2.79. The third-order valence-corrected chi connectivity index (χ3v) is 3.48. The molecule has 1 amide bonds. The zero-order valence-corrected chi connectivity index (χ0v) is 10.1. The minimum absolute atomic E-state index is 0.0286. The van der Waals surface area contributed by atoms with Crippen molar-refractivity contribution in [2.24, 2.45) is 5.41 Å². The molecular weight excluding hydrogens is 235 g/mol. The lowest BCUT2D eigenvalue weighted by Crippen LogP contribution is -2.30. The van der Waals surface area contributed by atoms with Crippen molar-refractivity contribution in [1.29, 1.82) is 0 Å². The molecule has 0 spiro atoms. The van der Waals surface area contributed by atoms with Crippen LogP contribution in [0.1, 0.15) is 29.6 Å². The molecule has 18 heavy (non-hydrogen) atoms. The van der Waals surface area contributed by atoms with E-state index >= 15 is 0 Å². The summed E-state index contributed by atoms with van der Waals surface area (Å²) >= 11 is 0. The van der Waals surface area contributed by atoms with Crippen LogP contribution in [0.5, 0.6) is 0 Å². The standard InChI is InChI=1S/C13H17FN2O2/c14-10-2-1-9(7-11(10)15)12(18)16-8-13(3-4-13)5-6-17/h1-2,7,17H,3-6,8,15H2,(H,16,18). The molecule has 0 saturated heterocycles. The summed E-state index contributed by atoms with van der Waals surface area (Å²) in [5, 5.41) is 11.7. The van der Waals surface area contributed by atoms with Gasteiger partial charge in [-0.25, -0.2) is 4.39 Å². The van der Waals surface area contributed by atoms with Crippen LogP contribution in [-0.2, 0) is 0 Å². The molecule has 1 aromatic carbocycles. The number of nitrogens with two attached hydrogens (primary N) is 1. The van der Waals surface area contributed by atoms with Crippen molar-refractivity contribution in [3.63, 3.8) is 0 Å². The number of aliphatic hydroxyl groups is 1. The number of hydrogen-bond donors (Lipinski definition) is 3. The number of nitrogen functional groups attached to an aromatic ring is 1. The zero-order chi connectivity index (χ0) is 13.2. The summed E-state index contributed by atoms with van der Waals surface area (Å²) in [6.45, 7) is 0.684. The lowest BCUT2D eigenvalue weighted by Gasteiger charge is -2.14. The normalized spacial score (nSPS) is 16.3. The Labute approximate surface area is 105 Å². The maximum absolute atomic E-state index is 13.0. The monoisotopic (exact) mass is 252 g/mol. The van der Waals surface area contributed by atoms with Crippen molar-refractivity contribution >= 4 is 11.6 Å². The van der Waals surface area contributed by atoms with Gasteiger partial charge in [0.1, 0.15) is 5.82 Å². The summed E-state index contributed by atoms with van der Waals surface area (Å²) in [5.74, 6) is -0.781. The molecule has 0 bridgehead atoms. The Morgan fingerprint density at radius 2 is 2.22 bits per heavy atom. The minimum atomic E-state index is -0.523. The highest BCUT2D eigenvalue weighted by atomic mass is 19.1. The minimum Gasteiger partial charge on any atom is -0.396 e. The fourth-order valence-electron chi connectivity index (χ4n) is 1.98. The van der Waals surface area contributed by atoms with Crippen LogP contribution in [0.25, 0.3) is 0 Å². The number of carbonyl (C=O) groups excluding carboxylic acids is 1. The Morgan fingerprint density at radius 1 is 1.50 bits per heavy atom. The number of carbonyl (C=O) groups is 1. The Kier molecular flexibility index (Phi) is 3.52. The van der Waals surface area contributed by atoms with E-state index in [0.717, 1.165) is 12.8 Å². The smallest absolute Gasteiger partial charge is 0.251 e.